The molecule has 1 aliphatic heterocycles. The second-order valence-electron chi connectivity index (χ2n) is 9.75. The molecule has 3 aromatic rings. The molecule has 0 radical (unpaired) electrons. The maximum Gasteiger partial charge on any atom is 0.281 e. The van der Waals surface area contributed by atoms with Gasteiger partial charge in [0, 0.05) is 25.4 Å². The summed E-state index contributed by atoms with van der Waals surface area (Å²) in [6, 6.07) is 8.43. The molecule has 0 unspecified atom stereocenters. The van der Waals surface area contributed by atoms with Crippen LogP contribution in [0.3, 0.4) is 0 Å². The molecule has 1 amide bonds. The molecule has 170 valence electrons. The Kier molecular flexibility index (Phi) is 6.13. The number of aromatic nitrogens is 5. The average Bonchev–Trinajstić information content (AvgIpc) is 3.17. The number of nitrogens with zero attached hydrogens (tertiary/aromatic N) is 5. The number of amides is 1. The highest BCUT2D eigenvalue weighted by Gasteiger charge is 2.27. The molecule has 1 aromatic carbocycles. The SMILES string of the molecule is CCCC(=O)N1CCC[C@H](c2nc3c(nnn3Cc3ccc(C(C)(C)C)cc3)c(=O)[nH]2)C1. The molecule has 0 bridgehead atoms. The highest BCUT2D eigenvalue weighted by Crippen LogP contribution is 2.26. The highest BCUT2D eigenvalue weighted by molar-refractivity contribution is 5.76. The predicted octanol–water partition coefficient (Wildman–Crippen LogP) is 3.37. The van der Waals surface area contributed by atoms with Gasteiger partial charge in [-0.15, -0.1) is 5.10 Å². The van der Waals surface area contributed by atoms with Crippen LogP contribution in [0.25, 0.3) is 11.2 Å². The fourth-order valence-corrected chi connectivity index (χ4v) is 4.27. The van der Waals surface area contributed by atoms with Gasteiger partial charge in [-0.3, -0.25) is 9.59 Å². The Morgan fingerprint density at radius 3 is 2.66 bits per heavy atom. The van der Waals surface area contributed by atoms with E-state index in [0.29, 0.717) is 31.0 Å². The maximum atomic E-state index is 12.7. The van der Waals surface area contributed by atoms with Crippen molar-refractivity contribution in [3.8, 4) is 0 Å². The fourth-order valence-electron chi connectivity index (χ4n) is 4.27. The van der Waals surface area contributed by atoms with Gasteiger partial charge in [-0.2, -0.15) is 0 Å². The zero-order chi connectivity index (χ0) is 22.9. The molecule has 1 aliphatic rings. The van der Waals surface area contributed by atoms with Crippen LogP contribution >= 0.6 is 0 Å². The molecule has 1 N–H and O–H groups in total. The van der Waals surface area contributed by atoms with E-state index in [2.05, 4.69) is 60.3 Å². The molecule has 0 saturated carbocycles. The molecule has 0 aliphatic carbocycles. The zero-order valence-electron chi connectivity index (χ0n) is 19.4. The van der Waals surface area contributed by atoms with E-state index in [1.165, 1.54) is 5.56 Å². The molecule has 32 heavy (non-hydrogen) atoms. The number of piperidine rings is 1. The Morgan fingerprint density at radius 1 is 1.22 bits per heavy atom. The summed E-state index contributed by atoms with van der Waals surface area (Å²) in [5.74, 6) is 0.797. The average molecular weight is 437 g/mol. The van der Waals surface area contributed by atoms with Gasteiger partial charge < -0.3 is 9.88 Å². The summed E-state index contributed by atoms with van der Waals surface area (Å²) in [6.07, 6.45) is 3.18. The van der Waals surface area contributed by atoms with Gasteiger partial charge in [0.2, 0.25) is 5.91 Å². The van der Waals surface area contributed by atoms with Crippen molar-refractivity contribution in [2.24, 2.45) is 0 Å². The molecule has 2 aromatic heterocycles. The number of hydrogen-bond acceptors (Lipinski definition) is 5. The third kappa shape index (κ3) is 4.59. The van der Waals surface area contributed by atoms with E-state index in [9.17, 15) is 9.59 Å². The van der Waals surface area contributed by atoms with Gasteiger partial charge in [0.05, 0.1) is 6.54 Å². The van der Waals surface area contributed by atoms with Gasteiger partial charge in [-0.25, -0.2) is 9.67 Å². The van der Waals surface area contributed by atoms with Crippen molar-refractivity contribution >= 4 is 17.1 Å². The lowest BCUT2D eigenvalue weighted by Crippen LogP contribution is -2.39. The van der Waals surface area contributed by atoms with Crippen molar-refractivity contribution in [3.05, 3.63) is 51.6 Å². The summed E-state index contributed by atoms with van der Waals surface area (Å²) in [4.78, 5) is 34.6. The number of rotatable bonds is 5. The number of benzene rings is 1. The van der Waals surface area contributed by atoms with E-state index in [4.69, 9.17) is 4.98 Å². The van der Waals surface area contributed by atoms with Crippen molar-refractivity contribution in [1.82, 2.24) is 29.9 Å². The lowest BCUT2D eigenvalue weighted by molar-refractivity contribution is -0.132. The lowest BCUT2D eigenvalue weighted by Gasteiger charge is -2.32. The van der Waals surface area contributed by atoms with Gasteiger partial charge in [0.1, 0.15) is 5.82 Å². The van der Waals surface area contributed by atoms with Crippen molar-refractivity contribution in [2.45, 2.75) is 71.3 Å². The molecule has 0 spiro atoms. The predicted molar refractivity (Wildman–Crippen MR) is 124 cm³/mol. The summed E-state index contributed by atoms with van der Waals surface area (Å²) in [5, 5.41) is 8.26. The van der Waals surface area contributed by atoms with Crippen LogP contribution in [0.1, 0.15) is 76.2 Å². The van der Waals surface area contributed by atoms with Crippen LogP contribution in [-0.4, -0.2) is 48.9 Å². The third-order valence-corrected chi connectivity index (χ3v) is 6.17. The number of carbonyl (C=O) groups is 1. The standard InChI is InChI=1S/C24H32N6O2/c1-5-7-19(31)29-13-6-8-17(15-29)21-25-22-20(23(32)26-21)27-28-30(22)14-16-9-11-18(12-10-16)24(2,3)4/h9-12,17H,5-8,13-15H2,1-4H3,(H,25,26,32)/t17-/m0/s1. The normalized spacial score (nSPS) is 17.1. The van der Waals surface area contributed by atoms with Crippen LogP contribution in [0, 0.1) is 0 Å². The Morgan fingerprint density at radius 2 is 1.97 bits per heavy atom. The Balaban J connectivity index is 1.60. The van der Waals surface area contributed by atoms with Crippen molar-refractivity contribution in [3.63, 3.8) is 0 Å². The minimum absolute atomic E-state index is 0.0103. The molecule has 8 heteroatoms. The first-order valence-electron chi connectivity index (χ1n) is 11.5. The molecule has 4 rings (SSSR count). The monoisotopic (exact) mass is 436 g/mol. The summed E-state index contributed by atoms with van der Waals surface area (Å²) in [7, 11) is 0. The summed E-state index contributed by atoms with van der Waals surface area (Å²) in [6.45, 7) is 10.4. The zero-order valence-corrected chi connectivity index (χ0v) is 19.4. The first-order valence-corrected chi connectivity index (χ1v) is 11.5. The van der Waals surface area contributed by atoms with Crippen molar-refractivity contribution < 1.29 is 4.79 Å². The molecule has 1 atom stereocenters. The van der Waals surface area contributed by atoms with Crippen molar-refractivity contribution in [1.29, 1.82) is 0 Å². The number of hydrogen-bond donors (Lipinski definition) is 1. The van der Waals surface area contributed by atoms with Crippen LogP contribution in [-0.2, 0) is 16.8 Å². The van der Waals surface area contributed by atoms with Gasteiger partial charge in [-0.05, 0) is 35.8 Å². The number of H-pyrrole nitrogens is 1. The van der Waals surface area contributed by atoms with Crippen LogP contribution in [0.5, 0.6) is 0 Å². The Hall–Kier alpha value is -3.03. The number of likely N-dealkylation sites (tertiary alicyclic amines) is 1. The molecular weight excluding hydrogens is 404 g/mol. The minimum atomic E-state index is -0.281. The third-order valence-electron chi connectivity index (χ3n) is 6.17. The maximum absolute atomic E-state index is 12.7. The van der Waals surface area contributed by atoms with Gasteiger partial charge in [0.15, 0.2) is 11.2 Å². The van der Waals surface area contributed by atoms with Gasteiger partial charge in [0.25, 0.3) is 5.56 Å². The molecule has 8 nitrogen and oxygen atoms in total. The molecule has 3 heterocycles. The van der Waals surface area contributed by atoms with Gasteiger partial charge >= 0.3 is 0 Å². The van der Waals surface area contributed by atoms with Crippen LogP contribution in [0.4, 0.5) is 0 Å². The molecular formula is C24H32N6O2. The van der Waals surface area contributed by atoms with Crippen molar-refractivity contribution in [2.75, 3.05) is 13.1 Å². The number of carbonyl (C=O) groups excluding carboxylic acids is 1. The first-order chi connectivity index (χ1) is 15.3. The number of aromatic amines is 1. The Bertz CT molecular complexity index is 1160. The largest absolute Gasteiger partial charge is 0.342 e. The van der Waals surface area contributed by atoms with Gasteiger partial charge in [-0.1, -0.05) is 57.2 Å². The summed E-state index contributed by atoms with van der Waals surface area (Å²) in [5.41, 5.74) is 2.88. The highest BCUT2D eigenvalue weighted by atomic mass is 16.2. The van der Waals surface area contributed by atoms with Crippen LogP contribution in [0.2, 0.25) is 0 Å². The molecule has 1 saturated heterocycles. The summed E-state index contributed by atoms with van der Waals surface area (Å²) >= 11 is 0. The number of nitrogens with one attached hydrogen (secondary N) is 1. The summed E-state index contributed by atoms with van der Waals surface area (Å²) < 4.78 is 1.68. The van der Waals surface area contributed by atoms with E-state index >= 15 is 0 Å². The fraction of sp³-hybridized carbons (Fsp3) is 0.542. The first kappa shape index (κ1) is 22.2. The minimum Gasteiger partial charge on any atom is -0.342 e. The van der Waals surface area contributed by atoms with E-state index in [1.54, 1.807) is 4.68 Å². The van der Waals surface area contributed by atoms with Crippen LogP contribution < -0.4 is 5.56 Å². The smallest absolute Gasteiger partial charge is 0.281 e. The molecule has 1 fully saturated rings. The second-order valence-corrected chi connectivity index (χ2v) is 9.75. The van der Waals surface area contributed by atoms with Crippen LogP contribution in [0.15, 0.2) is 29.1 Å². The second kappa shape index (κ2) is 8.84. The van der Waals surface area contributed by atoms with E-state index in [-0.39, 0.29) is 28.3 Å². The topological polar surface area (TPSA) is 96.8 Å². The lowest BCUT2D eigenvalue weighted by atomic mass is 9.87. The van der Waals surface area contributed by atoms with E-state index < -0.39 is 0 Å². The van der Waals surface area contributed by atoms with E-state index in [0.717, 1.165) is 31.4 Å². The Labute approximate surface area is 188 Å². The quantitative estimate of drug-likeness (QED) is 0.661. The van der Waals surface area contributed by atoms with E-state index in [1.807, 2.05) is 11.8 Å². The number of fused-ring (bicyclic) bond motifs is 1.